The second kappa shape index (κ2) is 5.08. The maximum atomic E-state index is 12.0. The first-order valence-corrected chi connectivity index (χ1v) is 7.94. The minimum Gasteiger partial charge on any atom is -0.295 e. The van der Waals surface area contributed by atoms with E-state index in [4.69, 9.17) is 0 Å². The molecule has 1 saturated carbocycles. The van der Waals surface area contributed by atoms with Crippen LogP contribution in [0, 0.1) is 11.3 Å². The number of hydrogen-bond acceptors (Lipinski definition) is 2. The minimum absolute atomic E-state index is 0.0882. The highest BCUT2D eigenvalue weighted by Crippen LogP contribution is 2.53. The van der Waals surface area contributed by atoms with Crippen molar-refractivity contribution in [1.29, 1.82) is 0 Å². The maximum absolute atomic E-state index is 12.0. The lowest BCUT2D eigenvalue weighted by molar-refractivity contribution is -0.117. The van der Waals surface area contributed by atoms with Crippen molar-refractivity contribution in [2.24, 2.45) is 18.4 Å². The number of carbonyl (C=O) groups excluding carboxylic acids is 1. The number of carbonyl (C=O) groups is 1. The van der Waals surface area contributed by atoms with Crippen molar-refractivity contribution < 1.29 is 4.79 Å². The largest absolute Gasteiger partial charge is 0.295 e. The molecule has 3 nitrogen and oxygen atoms in total. The van der Waals surface area contributed by atoms with Gasteiger partial charge in [-0.3, -0.25) is 9.48 Å². The Hall–Kier alpha value is -1.90. The fraction of sp³-hybridized carbons (Fsp3) is 0.474. The van der Waals surface area contributed by atoms with Gasteiger partial charge in [0.25, 0.3) is 0 Å². The molecule has 0 saturated heterocycles. The molecule has 1 fully saturated rings. The van der Waals surface area contributed by atoms with Crippen molar-refractivity contribution in [3.8, 4) is 0 Å². The number of aromatic nitrogens is 2. The first-order valence-electron chi connectivity index (χ1n) is 7.94. The Morgan fingerprint density at radius 2 is 2.23 bits per heavy atom. The standard InChI is InChI=1S/C19H24N2O/c1-12-9-19(4)14(3)17(7-6-16(19)8-18(12)22)13(2)15-10-20-21(5)11-15/h9-11,16H,3,6-8H2,1-2,4-5H3/b17-13+. The van der Waals surface area contributed by atoms with Gasteiger partial charge in [-0.05, 0) is 54.9 Å². The van der Waals surface area contributed by atoms with Crippen molar-refractivity contribution in [3.05, 3.63) is 47.3 Å². The summed E-state index contributed by atoms with van der Waals surface area (Å²) >= 11 is 0. The lowest BCUT2D eigenvalue weighted by Gasteiger charge is -2.45. The Kier molecular flexibility index (Phi) is 3.47. The first-order chi connectivity index (χ1) is 10.3. The Morgan fingerprint density at radius 3 is 2.86 bits per heavy atom. The molecule has 0 aliphatic heterocycles. The van der Waals surface area contributed by atoms with E-state index in [1.54, 1.807) is 0 Å². The molecule has 2 aliphatic rings. The topological polar surface area (TPSA) is 34.9 Å². The summed E-state index contributed by atoms with van der Waals surface area (Å²) in [7, 11) is 1.94. The molecule has 0 aromatic carbocycles. The second-order valence-corrected chi connectivity index (χ2v) is 6.96. The zero-order chi connectivity index (χ0) is 16.1. The summed E-state index contributed by atoms with van der Waals surface area (Å²) in [6.07, 6.45) is 8.83. The molecular formula is C19H24N2O. The van der Waals surface area contributed by atoms with E-state index in [2.05, 4.69) is 37.8 Å². The van der Waals surface area contributed by atoms with E-state index >= 15 is 0 Å². The third kappa shape index (κ3) is 2.20. The molecule has 3 rings (SSSR count). The molecular weight excluding hydrogens is 272 g/mol. The maximum Gasteiger partial charge on any atom is 0.158 e. The van der Waals surface area contributed by atoms with Crippen LogP contribution >= 0.6 is 0 Å². The van der Waals surface area contributed by atoms with Gasteiger partial charge in [-0.15, -0.1) is 0 Å². The van der Waals surface area contributed by atoms with E-state index < -0.39 is 0 Å². The molecule has 0 amide bonds. The van der Waals surface area contributed by atoms with E-state index in [0.29, 0.717) is 18.1 Å². The van der Waals surface area contributed by atoms with Gasteiger partial charge in [-0.25, -0.2) is 0 Å². The number of allylic oxidation sites excluding steroid dienone is 5. The zero-order valence-corrected chi connectivity index (χ0v) is 13.9. The number of rotatable bonds is 1. The number of aryl methyl sites for hydroxylation is 1. The monoisotopic (exact) mass is 296 g/mol. The van der Waals surface area contributed by atoms with Crippen molar-refractivity contribution in [2.45, 2.75) is 40.0 Å². The molecule has 0 bridgehead atoms. The molecule has 2 unspecified atom stereocenters. The van der Waals surface area contributed by atoms with E-state index in [0.717, 1.165) is 24.0 Å². The smallest absolute Gasteiger partial charge is 0.158 e. The van der Waals surface area contributed by atoms with E-state index in [1.165, 1.54) is 16.7 Å². The molecule has 2 aliphatic carbocycles. The summed E-state index contributed by atoms with van der Waals surface area (Å²) in [5.41, 5.74) is 5.74. The Bertz CT molecular complexity index is 720. The number of hydrogen-bond donors (Lipinski definition) is 0. The average molecular weight is 296 g/mol. The summed E-state index contributed by atoms with van der Waals surface area (Å²) in [4.78, 5) is 12.0. The summed E-state index contributed by atoms with van der Waals surface area (Å²) in [5, 5.41) is 4.27. The summed E-state index contributed by atoms with van der Waals surface area (Å²) in [5.74, 6) is 0.688. The molecule has 22 heavy (non-hydrogen) atoms. The number of Topliss-reactive ketones (excluding diaryl/α,β-unsaturated/α-hetero) is 1. The highest BCUT2D eigenvalue weighted by molar-refractivity contribution is 5.96. The molecule has 2 atom stereocenters. The van der Waals surface area contributed by atoms with Gasteiger partial charge >= 0.3 is 0 Å². The first kappa shape index (κ1) is 15.0. The van der Waals surface area contributed by atoms with Crippen LogP contribution in [0.1, 0.15) is 45.6 Å². The quantitative estimate of drug-likeness (QED) is 0.782. The van der Waals surface area contributed by atoms with Crippen LogP contribution in [-0.2, 0) is 11.8 Å². The van der Waals surface area contributed by atoms with E-state index in [9.17, 15) is 4.79 Å². The zero-order valence-electron chi connectivity index (χ0n) is 13.9. The van der Waals surface area contributed by atoms with Crippen molar-refractivity contribution in [3.63, 3.8) is 0 Å². The van der Waals surface area contributed by atoms with Crippen LogP contribution in [0.2, 0.25) is 0 Å². The highest BCUT2D eigenvalue weighted by atomic mass is 16.1. The second-order valence-electron chi connectivity index (χ2n) is 6.96. The van der Waals surface area contributed by atoms with Crippen LogP contribution in [0.3, 0.4) is 0 Å². The molecule has 116 valence electrons. The average Bonchev–Trinajstić information content (AvgIpc) is 2.89. The highest BCUT2D eigenvalue weighted by Gasteiger charge is 2.44. The number of ketones is 1. The number of fused-ring (bicyclic) bond motifs is 1. The van der Waals surface area contributed by atoms with E-state index in [1.807, 2.05) is 24.9 Å². The molecule has 3 heteroatoms. The van der Waals surface area contributed by atoms with Gasteiger partial charge < -0.3 is 0 Å². The summed E-state index contributed by atoms with van der Waals surface area (Å²) in [6.45, 7) is 10.8. The normalized spacial score (nSPS) is 30.9. The summed E-state index contributed by atoms with van der Waals surface area (Å²) in [6, 6.07) is 0. The van der Waals surface area contributed by atoms with E-state index in [-0.39, 0.29) is 5.41 Å². The van der Waals surface area contributed by atoms with Crippen molar-refractivity contribution in [2.75, 3.05) is 0 Å². The predicted octanol–water partition coefficient (Wildman–Crippen LogP) is 4.09. The van der Waals surface area contributed by atoms with Crippen LogP contribution in [0.15, 0.2) is 41.8 Å². The fourth-order valence-electron chi connectivity index (χ4n) is 3.98. The van der Waals surface area contributed by atoms with Crippen molar-refractivity contribution in [1.82, 2.24) is 9.78 Å². The lowest BCUT2D eigenvalue weighted by atomic mass is 9.58. The molecule has 1 aromatic heterocycles. The fourth-order valence-corrected chi connectivity index (χ4v) is 3.98. The summed E-state index contributed by atoms with van der Waals surface area (Å²) < 4.78 is 1.83. The van der Waals surface area contributed by atoms with Crippen LogP contribution in [0.5, 0.6) is 0 Å². The lowest BCUT2D eigenvalue weighted by Crippen LogP contribution is -2.37. The third-order valence-electron chi connectivity index (χ3n) is 5.58. The van der Waals surface area contributed by atoms with Gasteiger partial charge in [0.1, 0.15) is 0 Å². The van der Waals surface area contributed by atoms with Gasteiger partial charge in [0.2, 0.25) is 0 Å². The van der Waals surface area contributed by atoms with Gasteiger partial charge in [-0.1, -0.05) is 19.6 Å². The van der Waals surface area contributed by atoms with Crippen LogP contribution < -0.4 is 0 Å². The van der Waals surface area contributed by atoms with Crippen LogP contribution in [-0.4, -0.2) is 15.6 Å². The molecule has 0 radical (unpaired) electrons. The Labute approximate surface area is 132 Å². The Morgan fingerprint density at radius 1 is 1.50 bits per heavy atom. The molecule has 1 aromatic rings. The van der Waals surface area contributed by atoms with Gasteiger partial charge in [0, 0.05) is 30.6 Å². The third-order valence-corrected chi connectivity index (χ3v) is 5.58. The van der Waals surface area contributed by atoms with Crippen LogP contribution in [0.4, 0.5) is 0 Å². The SMILES string of the molecule is C=C1/C(=C(\C)c2cnn(C)c2)CCC2CC(=O)C(C)=CC12C. The van der Waals surface area contributed by atoms with Gasteiger partial charge in [-0.2, -0.15) is 5.10 Å². The molecule has 0 spiro atoms. The Balaban J connectivity index is 2.05. The number of nitrogens with zero attached hydrogens (tertiary/aromatic N) is 2. The van der Waals surface area contributed by atoms with Crippen LogP contribution in [0.25, 0.3) is 5.57 Å². The van der Waals surface area contributed by atoms with Crippen molar-refractivity contribution >= 4 is 11.4 Å². The minimum atomic E-state index is -0.0882. The molecule has 1 heterocycles. The molecule has 0 N–H and O–H groups in total. The predicted molar refractivity (Wildman–Crippen MR) is 89.2 cm³/mol. The van der Waals surface area contributed by atoms with Gasteiger partial charge in [0.15, 0.2) is 5.78 Å². The van der Waals surface area contributed by atoms with Gasteiger partial charge in [0.05, 0.1) is 6.20 Å².